The lowest BCUT2D eigenvalue weighted by Gasteiger charge is -2.42. The Balaban J connectivity index is 1.72. The zero-order valence-electron chi connectivity index (χ0n) is 12.9. The third-order valence-electron chi connectivity index (χ3n) is 3.95. The van der Waals surface area contributed by atoms with Gasteiger partial charge in [0.1, 0.15) is 5.01 Å². The van der Waals surface area contributed by atoms with E-state index in [1.54, 1.807) is 6.07 Å². The summed E-state index contributed by atoms with van der Waals surface area (Å²) in [5, 5.41) is 11.6. The molecule has 0 unspecified atom stereocenters. The molecule has 1 aliphatic rings. The normalized spacial score (nSPS) is 15.0. The third kappa shape index (κ3) is 3.27. The number of benzene rings is 1. The molecule has 0 saturated carbocycles. The lowest BCUT2D eigenvalue weighted by atomic mass is 10.1. The van der Waals surface area contributed by atoms with Crippen LogP contribution in [0.2, 0.25) is 0 Å². The molecule has 1 aliphatic heterocycles. The number of likely N-dealkylation sites (tertiary alicyclic amines) is 1. The zero-order valence-corrected chi connectivity index (χ0v) is 13.8. The number of nitrogens with one attached hydrogen (secondary N) is 1. The summed E-state index contributed by atoms with van der Waals surface area (Å²) < 4.78 is 0.891. The van der Waals surface area contributed by atoms with Crippen molar-refractivity contribution in [2.75, 3.05) is 27.2 Å². The Morgan fingerprint density at radius 3 is 2.83 bits per heavy atom. The molecule has 1 saturated heterocycles. The maximum absolute atomic E-state index is 12.5. The van der Waals surface area contributed by atoms with E-state index in [2.05, 4.69) is 15.2 Å². The van der Waals surface area contributed by atoms with Crippen molar-refractivity contribution in [3.8, 4) is 0 Å². The van der Waals surface area contributed by atoms with Crippen LogP contribution in [0.5, 0.6) is 0 Å². The van der Waals surface area contributed by atoms with E-state index in [1.165, 1.54) is 11.3 Å². The van der Waals surface area contributed by atoms with Crippen molar-refractivity contribution < 1.29 is 14.7 Å². The van der Waals surface area contributed by atoms with Crippen LogP contribution in [0.15, 0.2) is 18.2 Å². The van der Waals surface area contributed by atoms with Crippen LogP contribution in [0, 0.1) is 0 Å². The average Bonchev–Trinajstić information content (AvgIpc) is 2.84. The first-order valence-corrected chi connectivity index (χ1v) is 8.07. The van der Waals surface area contributed by atoms with Gasteiger partial charge in [-0.25, -0.2) is 9.78 Å². The molecular weight excluding hydrogens is 316 g/mol. The van der Waals surface area contributed by atoms with Gasteiger partial charge in [-0.2, -0.15) is 0 Å². The number of aromatic nitrogens is 1. The number of carbonyl (C=O) groups excluding carboxylic acids is 1. The number of hydrogen-bond acceptors (Lipinski definition) is 5. The Morgan fingerprint density at radius 2 is 2.17 bits per heavy atom. The van der Waals surface area contributed by atoms with Crippen LogP contribution in [0.1, 0.15) is 15.4 Å². The van der Waals surface area contributed by atoms with Crippen LogP contribution in [-0.2, 0) is 6.54 Å². The van der Waals surface area contributed by atoms with Crippen molar-refractivity contribution in [2.45, 2.75) is 12.6 Å². The number of likely N-dealkylation sites (N-methyl/N-ethyl adjacent to an activating group) is 1. The number of nitrogens with zero attached hydrogens (tertiary/aromatic N) is 3. The van der Waals surface area contributed by atoms with Gasteiger partial charge in [0.2, 0.25) is 0 Å². The van der Waals surface area contributed by atoms with Crippen LogP contribution in [0.25, 0.3) is 10.2 Å². The number of rotatable bonds is 4. The molecule has 2 aromatic rings. The predicted octanol–water partition coefficient (Wildman–Crippen LogP) is 1.45. The zero-order chi connectivity index (χ0) is 16.6. The highest BCUT2D eigenvalue weighted by atomic mass is 32.1. The van der Waals surface area contributed by atoms with Gasteiger partial charge < -0.3 is 20.2 Å². The van der Waals surface area contributed by atoms with E-state index in [0.29, 0.717) is 16.6 Å². The number of amides is 2. The highest BCUT2D eigenvalue weighted by Gasteiger charge is 2.32. The second kappa shape index (κ2) is 6.13. The highest BCUT2D eigenvalue weighted by molar-refractivity contribution is 7.18. The predicted molar refractivity (Wildman–Crippen MR) is 87.9 cm³/mol. The fourth-order valence-electron chi connectivity index (χ4n) is 2.46. The molecule has 0 aliphatic carbocycles. The SMILES string of the molecule is CN(C)C1CN(C(=O)c2ccc3nc(CNC(=O)O)sc3c2)C1. The van der Waals surface area contributed by atoms with Crippen molar-refractivity contribution in [3.05, 3.63) is 28.8 Å². The van der Waals surface area contributed by atoms with Gasteiger partial charge in [0.15, 0.2) is 0 Å². The number of fused-ring (bicyclic) bond motifs is 1. The molecule has 2 N–H and O–H groups in total. The quantitative estimate of drug-likeness (QED) is 0.884. The largest absolute Gasteiger partial charge is 0.465 e. The Labute approximate surface area is 137 Å². The monoisotopic (exact) mass is 334 g/mol. The van der Waals surface area contributed by atoms with Crippen molar-refractivity contribution in [1.29, 1.82) is 0 Å². The topological polar surface area (TPSA) is 85.8 Å². The minimum Gasteiger partial charge on any atom is -0.465 e. The summed E-state index contributed by atoms with van der Waals surface area (Å²) in [6.07, 6.45) is -1.08. The Bertz CT molecular complexity index is 752. The summed E-state index contributed by atoms with van der Waals surface area (Å²) in [5.74, 6) is 0.0311. The number of thiazole rings is 1. The minimum absolute atomic E-state index is 0.0311. The van der Waals surface area contributed by atoms with Gasteiger partial charge in [-0.3, -0.25) is 4.79 Å². The van der Waals surface area contributed by atoms with Gasteiger partial charge >= 0.3 is 6.09 Å². The molecule has 1 aromatic carbocycles. The summed E-state index contributed by atoms with van der Waals surface area (Å²) in [6, 6.07) is 5.86. The van der Waals surface area contributed by atoms with E-state index in [9.17, 15) is 9.59 Å². The minimum atomic E-state index is -1.08. The Hall–Kier alpha value is -2.19. The maximum Gasteiger partial charge on any atom is 0.405 e. The van der Waals surface area contributed by atoms with E-state index >= 15 is 0 Å². The number of carboxylic acid groups (broad SMARTS) is 1. The molecule has 0 atom stereocenters. The molecule has 7 nitrogen and oxygen atoms in total. The fraction of sp³-hybridized carbons (Fsp3) is 0.400. The van der Waals surface area contributed by atoms with Gasteiger partial charge in [0.05, 0.1) is 16.8 Å². The van der Waals surface area contributed by atoms with Crippen LogP contribution < -0.4 is 5.32 Å². The molecule has 3 rings (SSSR count). The summed E-state index contributed by atoms with van der Waals surface area (Å²) in [6.45, 7) is 1.68. The first-order chi connectivity index (χ1) is 10.9. The van der Waals surface area contributed by atoms with Crippen LogP contribution >= 0.6 is 11.3 Å². The van der Waals surface area contributed by atoms with Crippen molar-refractivity contribution in [3.63, 3.8) is 0 Å². The fourth-order valence-corrected chi connectivity index (χ4v) is 3.41. The molecule has 0 spiro atoms. The second-order valence-corrected chi connectivity index (χ2v) is 6.89. The summed E-state index contributed by atoms with van der Waals surface area (Å²) in [4.78, 5) is 31.3. The van der Waals surface area contributed by atoms with E-state index < -0.39 is 6.09 Å². The molecule has 2 heterocycles. The van der Waals surface area contributed by atoms with Crippen LogP contribution in [-0.4, -0.2) is 65.1 Å². The standard InChI is InChI=1S/C15H18N4O3S/c1-18(2)10-7-19(8-10)14(20)9-3-4-11-12(5-9)23-13(17-11)6-16-15(21)22/h3-5,10,16H,6-8H2,1-2H3,(H,21,22). The molecular formula is C15H18N4O3S. The van der Waals surface area contributed by atoms with E-state index in [-0.39, 0.29) is 12.5 Å². The molecule has 2 amide bonds. The highest BCUT2D eigenvalue weighted by Crippen LogP contribution is 2.25. The number of carbonyl (C=O) groups is 2. The lowest BCUT2D eigenvalue weighted by Crippen LogP contribution is -2.59. The van der Waals surface area contributed by atoms with Gasteiger partial charge in [0.25, 0.3) is 5.91 Å². The van der Waals surface area contributed by atoms with Crippen molar-refractivity contribution in [2.24, 2.45) is 0 Å². The summed E-state index contributed by atoms with van der Waals surface area (Å²) in [7, 11) is 4.03. The second-order valence-electron chi connectivity index (χ2n) is 5.78. The van der Waals surface area contributed by atoms with Gasteiger partial charge in [0, 0.05) is 24.7 Å². The van der Waals surface area contributed by atoms with Crippen LogP contribution in [0.3, 0.4) is 0 Å². The Kier molecular flexibility index (Phi) is 4.18. The van der Waals surface area contributed by atoms with Crippen molar-refractivity contribution >= 4 is 33.6 Å². The van der Waals surface area contributed by atoms with E-state index in [1.807, 2.05) is 31.1 Å². The van der Waals surface area contributed by atoms with E-state index in [4.69, 9.17) is 5.11 Å². The third-order valence-corrected chi connectivity index (χ3v) is 4.97. The summed E-state index contributed by atoms with van der Waals surface area (Å²) >= 11 is 1.40. The molecule has 1 aromatic heterocycles. The maximum atomic E-state index is 12.5. The molecule has 8 heteroatoms. The first kappa shape index (κ1) is 15.7. The van der Waals surface area contributed by atoms with Gasteiger partial charge in [-0.1, -0.05) is 0 Å². The number of hydrogen-bond donors (Lipinski definition) is 2. The first-order valence-electron chi connectivity index (χ1n) is 7.26. The summed E-state index contributed by atoms with van der Waals surface area (Å²) in [5.41, 5.74) is 1.43. The molecule has 1 fully saturated rings. The molecule has 0 bridgehead atoms. The molecule has 0 radical (unpaired) electrons. The van der Waals surface area contributed by atoms with E-state index in [0.717, 1.165) is 23.3 Å². The van der Waals surface area contributed by atoms with Gasteiger partial charge in [-0.05, 0) is 32.3 Å². The van der Waals surface area contributed by atoms with Gasteiger partial charge in [-0.15, -0.1) is 11.3 Å². The molecule has 122 valence electrons. The average molecular weight is 334 g/mol. The Morgan fingerprint density at radius 1 is 1.43 bits per heavy atom. The van der Waals surface area contributed by atoms with Crippen LogP contribution in [0.4, 0.5) is 4.79 Å². The smallest absolute Gasteiger partial charge is 0.405 e. The lowest BCUT2D eigenvalue weighted by molar-refractivity contribution is 0.0399. The van der Waals surface area contributed by atoms with Crippen molar-refractivity contribution in [1.82, 2.24) is 20.1 Å². The molecule has 23 heavy (non-hydrogen) atoms.